The van der Waals surface area contributed by atoms with Crippen molar-refractivity contribution in [2.45, 2.75) is 62.3 Å². The first-order valence-corrected chi connectivity index (χ1v) is 14.2. The monoisotopic (exact) mass is 540 g/mol. The van der Waals surface area contributed by atoms with E-state index in [4.69, 9.17) is 27.9 Å². The van der Waals surface area contributed by atoms with Crippen molar-refractivity contribution >= 4 is 39.1 Å². The van der Waals surface area contributed by atoms with Crippen LogP contribution in [0.3, 0.4) is 0 Å². The summed E-state index contributed by atoms with van der Waals surface area (Å²) in [5.41, 5.74) is 1.54. The smallest absolute Gasteiger partial charge is 0.267 e. The molecule has 0 radical (unpaired) electrons. The van der Waals surface area contributed by atoms with Gasteiger partial charge >= 0.3 is 0 Å². The average Bonchev–Trinajstić information content (AvgIpc) is 3.66. The van der Waals surface area contributed by atoms with E-state index in [2.05, 4.69) is 4.90 Å². The molecule has 3 fully saturated rings. The molecule has 2 saturated carbocycles. The molecule has 188 valence electrons. The highest BCUT2D eigenvalue weighted by Crippen LogP contribution is 2.43. The van der Waals surface area contributed by atoms with E-state index < -0.39 is 27.0 Å². The van der Waals surface area contributed by atoms with Crippen molar-refractivity contribution in [3.63, 3.8) is 0 Å². The van der Waals surface area contributed by atoms with Gasteiger partial charge in [-0.25, -0.2) is 17.5 Å². The fourth-order valence-electron chi connectivity index (χ4n) is 4.65. The average molecular weight is 541 g/mol. The number of benzene rings is 2. The summed E-state index contributed by atoms with van der Waals surface area (Å²) < 4.78 is 47.5. The number of piperidine rings is 1. The predicted molar refractivity (Wildman–Crippen MR) is 133 cm³/mol. The number of sulfonamides is 1. The molecule has 0 spiro atoms. The Hall–Kier alpha value is -1.87. The minimum absolute atomic E-state index is 0.0508. The van der Waals surface area contributed by atoms with Gasteiger partial charge in [0, 0.05) is 23.1 Å². The quantitative estimate of drug-likeness (QED) is 0.493. The predicted octanol–water partition coefficient (Wildman–Crippen LogP) is 5.28. The summed E-state index contributed by atoms with van der Waals surface area (Å²) in [4.78, 5) is 14.8. The highest BCUT2D eigenvalue weighted by atomic mass is 35.5. The molecule has 1 saturated heterocycles. The number of amides is 1. The molecule has 6 nitrogen and oxygen atoms in total. The van der Waals surface area contributed by atoms with E-state index in [-0.39, 0.29) is 17.6 Å². The van der Waals surface area contributed by atoms with Crippen LogP contribution in [0, 0.1) is 5.82 Å². The Morgan fingerprint density at radius 3 is 2.43 bits per heavy atom. The van der Waals surface area contributed by atoms with E-state index >= 15 is 4.39 Å². The van der Waals surface area contributed by atoms with Crippen molar-refractivity contribution < 1.29 is 22.3 Å². The number of nitrogens with one attached hydrogen (secondary N) is 1. The summed E-state index contributed by atoms with van der Waals surface area (Å²) in [5.74, 6) is -0.709. The largest absolute Gasteiger partial charge is 0.489 e. The number of ether oxygens (including phenoxy) is 1. The van der Waals surface area contributed by atoms with E-state index in [0.29, 0.717) is 41.7 Å². The Kier molecular flexibility index (Phi) is 7.00. The molecule has 35 heavy (non-hydrogen) atoms. The number of hydrogen-bond donors (Lipinski definition) is 1. The van der Waals surface area contributed by atoms with E-state index in [1.54, 1.807) is 24.3 Å². The maximum Gasteiger partial charge on any atom is 0.267 e. The lowest BCUT2D eigenvalue weighted by Gasteiger charge is -2.33. The van der Waals surface area contributed by atoms with Gasteiger partial charge in [-0.3, -0.25) is 9.69 Å². The third-order valence-electron chi connectivity index (χ3n) is 6.68. The van der Waals surface area contributed by atoms with Gasteiger partial charge in [-0.2, -0.15) is 0 Å². The van der Waals surface area contributed by atoms with Crippen LogP contribution in [0.4, 0.5) is 4.39 Å². The number of likely N-dealkylation sites (tertiary alicyclic amines) is 1. The number of carbonyl (C=O) groups excluding carboxylic acids is 1. The second kappa shape index (κ2) is 9.88. The van der Waals surface area contributed by atoms with Gasteiger partial charge in [0.2, 0.25) is 10.0 Å². The molecule has 0 unspecified atom stereocenters. The molecule has 0 bridgehead atoms. The molecule has 1 amide bonds. The van der Waals surface area contributed by atoms with Gasteiger partial charge in [0.1, 0.15) is 17.7 Å². The maximum absolute atomic E-state index is 15.0. The van der Waals surface area contributed by atoms with E-state index in [0.717, 1.165) is 43.4 Å². The Bertz CT molecular complexity index is 1230. The first-order chi connectivity index (χ1) is 16.7. The molecule has 2 aromatic rings. The molecular weight excluding hydrogens is 514 g/mol. The summed E-state index contributed by atoms with van der Waals surface area (Å²) in [6, 6.07) is 8.07. The van der Waals surface area contributed by atoms with Gasteiger partial charge in [0.15, 0.2) is 0 Å². The number of rotatable bonds is 8. The molecule has 2 aliphatic carbocycles. The second-order valence-corrected chi connectivity index (χ2v) is 12.5. The molecule has 3 aliphatic rings. The lowest BCUT2D eigenvalue weighted by Crippen LogP contribution is -2.40. The second-order valence-electron chi connectivity index (χ2n) is 9.70. The molecule has 2 aromatic carbocycles. The standard InChI is InChI=1S/C25H27Cl2FN2O4S/c26-17-9-18(27)11-20(10-17)34-19-2-1-7-30(14-19)13-16-8-24(28)23(12-22(16)15-3-4-15)25(31)29-35(32,33)21-5-6-21/h8-12,15,19,21H,1-7,13-14H2,(H,29,31)/t19-/m0/s1. The van der Waals surface area contributed by atoms with Crippen molar-refractivity contribution in [2.75, 3.05) is 13.1 Å². The van der Waals surface area contributed by atoms with Crippen molar-refractivity contribution in [2.24, 2.45) is 0 Å². The third kappa shape index (κ3) is 6.10. The summed E-state index contributed by atoms with van der Waals surface area (Å²) >= 11 is 12.2. The topological polar surface area (TPSA) is 75.7 Å². The summed E-state index contributed by atoms with van der Waals surface area (Å²) in [5, 5.41) is 0.478. The Morgan fingerprint density at radius 1 is 1.06 bits per heavy atom. The summed E-state index contributed by atoms with van der Waals surface area (Å²) in [7, 11) is -3.74. The van der Waals surface area contributed by atoms with Crippen molar-refractivity contribution in [1.29, 1.82) is 0 Å². The molecule has 1 heterocycles. The van der Waals surface area contributed by atoms with E-state index in [1.807, 2.05) is 4.72 Å². The molecule has 1 atom stereocenters. The number of hydrogen-bond acceptors (Lipinski definition) is 5. The Morgan fingerprint density at radius 2 is 1.77 bits per heavy atom. The zero-order chi connectivity index (χ0) is 24.7. The van der Waals surface area contributed by atoms with Crippen LogP contribution in [0.5, 0.6) is 5.75 Å². The van der Waals surface area contributed by atoms with Crippen LogP contribution in [-0.4, -0.2) is 43.7 Å². The zero-order valence-corrected chi connectivity index (χ0v) is 21.4. The molecule has 5 rings (SSSR count). The van der Waals surface area contributed by atoms with Gasteiger partial charge < -0.3 is 4.74 Å². The first-order valence-electron chi connectivity index (χ1n) is 11.9. The van der Waals surface area contributed by atoms with Crippen LogP contribution in [0.1, 0.15) is 65.9 Å². The fourth-order valence-corrected chi connectivity index (χ4v) is 6.44. The molecule has 0 aromatic heterocycles. The maximum atomic E-state index is 15.0. The highest BCUT2D eigenvalue weighted by Gasteiger charge is 2.38. The fraction of sp³-hybridized carbons (Fsp3) is 0.480. The molecule has 1 N–H and O–H groups in total. The van der Waals surface area contributed by atoms with E-state index in [1.165, 1.54) is 6.07 Å². The first kappa shape index (κ1) is 24.8. The Balaban J connectivity index is 1.30. The lowest BCUT2D eigenvalue weighted by atomic mass is 9.97. The highest BCUT2D eigenvalue weighted by molar-refractivity contribution is 7.91. The molecule has 10 heteroatoms. The number of carbonyl (C=O) groups is 1. The van der Waals surface area contributed by atoms with Crippen LogP contribution < -0.4 is 9.46 Å². The van der Waals surface area contributed by atoms with Gasteiger partial charge in [-0.1, -0.05) is 23.2 Å². The number of nitrogens with zero attached hydrogens (tertiary/aromatic N) is 1. The SMILES string of the molecule is O=C(NS(=O)(=O)C1CC1)c1cc(C2CC2)c(CN2CCC[C@H](Oc3cc(Cl)cc(Cl)c3)C2)cc1F. The van der Waals surface area contributed by atoms with Gasteiger partial charge in [0.25, 0.3) is 5.91 Å². The summed E-state index contributed by atoms with van der Waals surface area (Å²) in [6.45, 7) is 2.04. The lowest BCUT2D eigenvalue weighted by molar-refractivity contribution is 0.0841. The summed E-state index contributed by atoms with van der Waals surface area (Å²) in [6.07, 6.45) is 4.77. The van der Waals surface area contributed by atoms with Gasteiger partial charge in [0.05, 0.1) is 10.8 Å². The molecule has 1 aliphatic heterocycles. The number of halogens is 3. The van der Waals surface area contributed by atoms with Crippen molar-refractivity contribution in [3.8, 4) is 5.75 Å². The third-order valence-corrected chi connectivity index (χ3v) is 8.94. The zero-order valence-electron chi connectivity index (χ0n) is 19.1. The Labute approximate surface area is 214 Å². The van der Waals surface area contributed by atoms with E-state index in [9.17, 15) is 13.2 Å². The van der Waals surface area contributed by atoms with Crippen LogP contribution in [-0.2, 0) is 16.6 Å². The minimum atomic E-state index is -3.74. The van der Waals surface area contributed by atoms with Crippen LogP contribution in [0.25, 0.3) is 0 Å². The van der Waals surface area contributed by atoms with Crippen molar-refractivity contribution in [3.05, 3.63) is 62.9 Å². The minimum Gasteiger partial charge on any atom is -0.489 e. The normalized spacial score (nSPS) is 21.1. The van der Waals surface area contributed by atoms with Crippen LogP contribution in [0.2, 0.25) is 10.0 Å². The van der Waals surface area contributed by atoms with Crippen LogP contribution >= 0.6 is 23.2 Å². The molecular formula is C25H27Cl2FN2O4S. The van der Waals surface area contributed by atoms with Gasteiger partial charge in [-0.05, 0) is 92.4 Å². The van der Waals surface area contributed by atoms with Crippen molar-refractivity contribution in [1.82, 2.24) is 9.62 Å². The van der Waals surface area contributed by atoms with Gasteiger partial charge in [-0.15, -0.1) is 0 Å². The van der Waals surface area contributed by atoms with Crippen LogP contribution in [0.15, 0.2) is 30.3 Å².